The fourth-order valence-corrected chi connectivity index (χ4v) is 2.92. The molecule has 1 N–H and O–H groups in total. The predicted molar refractivity (Wildman–Crippen MR) is 98.6 cm³/mol. The number of benzene rings is 2. The molecular formula is C21H22N2O. The molecule has 0 aromatic heterocycles. The molecule has 3 heteroatoms. The van der Waals surface area contributed by atoms with Gasteiger partial charge in [0.05, 0.1) is 11.6 Å². The summed E-state index contributed by atoms with van der Waals surface area (Å²) in [6.07, 6.45) is 4.76. The van der Waals surface area contributed by atoms with Crippen molar-refractivity contribution in [2.75, 3.05) is 0 Å². The van der Waals surface area contributed by atoms with Crippen molar-refractivity contribution in [3.8, 4) is 0 Å². The number of allylic oxidation sites excluding steroid dienone is 1. The van der Waals surface area contributed by atoms with Gasteiger partial charge >= 0.3 is 0 Å². The van der Waals surface area contributed by atoms with Crippen molar-refractivity contribution < 1.29 is 4.79 Å². The summed E-state index contributed by atoms with van der Waals surface area (Å²) in [5, 5.41) is 4.19. The SMILES string of the molecule is CC(/C=C/c1ccccc1)=N/NC(=O)[C@H]1C[C@@]1(C)c1ccccc1. The molecule has 1 fully saturated rings. The Morgan fingerprint density at radius 3 is 2.42 bits per heavy atom. The molecule has 0 heterocycles. The normalized spacial score (nSPS) is 23.2. The first kappa shape index (κ1) is 16.2. The van der Waals surface area contributed by atoms with E-state index in [1.807, 2.05) is 67.6 Å². The van der Waals surface area contributed by atoms with E-state index in [2.05, 4.69) is 29.6 Å². The van der Waals surface area contributed by atoms with Crippen LogP contribution in [-0.2, 0) is 10.2 Å². The molecule has 1 amide bonds. The maximum Gasteiger partial charge on any atom is 0.244 e. The molecule has 0 saturated heterocycles. The molecule has 0 unspecified atom stereocenters. The van der Waals surface area contributed by atoms with Gasteiger partial charge < -0.3 is 0 Å². The van der Waals surface area contributed by atoms with Gasteiger partial charge in [0.15, 0.2) is 0 Å². The lowest BCUT2D eigenvalue weighted by Gasteiger charge is -2.10. The minimum atomic E-state index is -0.0609. The van der Waals surface area contributed by atoms with Gasteiger partial charge in [-0.2, -0.15) is 5.10 Å². The molecular weight excluding hydrogens is 296 g/mol. The van der Waals surface area contributed by atoms with Crippen molar-refractivity contribution in [2.24, 2.45) is 11.0 Å². The second-order valence-electron chi connectivity index (χ2n) is 6.51. The highest BCUT2D eigenvalue weighted by Gasteiger charge is 2.55. The molecule has 1 saturated carbocycles. The van der Waals surface area contributed by atoms with Crippen molar-refractivity contribution >= 4 is 17.7 Å². The van der Waals surface area contributed by atoms with E-state index in [4.69, 9.17) is 0 Å². The fourth-order valence-electron chi connectivity index (χ4n) is 2.92. The number of nitrogens with zero attached hydrogens (tertiary/aromatic N) is 1. The van der Waals surface area contributed by atoms with Crippen LogP contribution in [0.25, 0.3) is 6.08 Å². The van der Waals surface area contributed by atoms with Crippen LogP contribution in [0.5, 0.6) is 0 Å². The van der Waals surface area contributed by atoms with Crippen molar-refractivity contribution in [3.63, 3.8) is 0 Å². The molecule has 1 aliphatic carbocycles. The summed E-state index contributed by atoms with van der Waals surface area (Å²) in [5.41, 5.74) is 5.74. The van der Waals surface area contributed by atoms with E-state index in [9.17, 15) is 4.79 Å². The van der Waals surface area contributed by atoms with Crippen LogP contribution in [-0.4, -0.2) is 11.6 Å². The Balaban J connectivity index is 1.57. The average molecular weight is 318 g/mol. The van der Waals surface area contributed by atoms with Crippen LogP contribution in [0.3, 0.4) is 0 Å². The van der Waals surface area contributed by atoms with Gasteiger partial charge in [0.25, 0.3) is 0 Å². The van der Waals surface area contributed by atoms with Gasteiger partial charge in [-0.05, 0) is 30.5 Å². The largest absolute Gasteiger partial charge is 0.273 e. The van der Waals surface area contributed by atoms with Crippen molar-refractivity contribution in [1.29, 1.82) is 0 Å². The Kier molecular flexibility index (Phi) is 4.61. The van der Waals surface area contributed by atoms with E-state index in [0.29, 0.717) is 0 Å². The number of rotatable bonds is 5. The first-order valence-electron chi connectivity index (χ1n) is 8.22. The number of carbonyl (C=O) groups excluding carboxylic acids is 1. The van der Waals surface area contributed by atoms with E-state index < -0.39 is 0 Å². The number of nitrogens with one attached hydrogen (secondary N) is 1. The average Bonchev–Trinajstić information content (AvgIpc) is 3.33. The number of carbonyl (C=O) groups is 1. The standard InChI is InChI=1S/C21H22N2O/c1-16(13-14-17-9-5-3-6-10-17)22-23-20(24)19-15-21(19,2)18-11-7-4-8-12-18/h3-14,19H,15H2,1-2H3,(H,23,24)/b14-13+,22-16-/t19-,21+/m1/s1. The van der Waals surface area contributed by atoms with Crippen LogP contribution < -0.4 is 5.43 Å². The van der Waals surface area contributed by atoms with Gasteiger partial charge in [-0.15, -0.1) is 0 Å². The van der Waals surface area contributed by atoms with Crippen molar-refractivity contribution in [1.82, 2.24) is 5.43 Å². The molecule has 122 valence electrons. The van der Waals surface area contributed by atoms with E-state index in [1.165, 1.54) is 5.56 Å². The molecule has 2 atom stereocenters. The molecule has 0 radical (unpaired) electrons. The van der Waals surface area contributed by atoms with Gasteiger partial charge in [0.1, 0.15) is 0 Å². The lowest BCUT2D eigenvalue weighted by atomic mass is 9.95. The molecule has 3 rings (SSSR count). The van der Waals surface area contributed by atoms with Crippen LogP contribution in [0, 0.1) is 5.92 Å². The topological polar surface area (TPSA) is 41.5 Å². The Morgan fingerprint density at radius 2 is 1.75 bits per heavy atom. The zero-order chi connectivity index (χ0) is 17.0. The van der Waals surface area contributed by atoms with E-state index in [0.717, 1.165) is 17.7 Å². The van der Waals surface area contributed by atoms with E-state index in [1.54, 1.807) is 0 Å². The van der Waals surface area contributed by atoms with Crippen LogP contribution in [0.15, 0.2) is 71.8 Å². The zero-order valence-electron chi connectivity index (χ0n) is 14.1. The van der Waals surface area contributed by atoms with Crippen molar-refractivity contribution in [2.45, 2.75) is 25.7 Å². The Hall–Kier alpha value is -2.68. The number of hydrogen-bond acceptors (Lipinski definition) is 2. The predicted octanol–water partition coefficient (Wildman–Crippen LogP) is 4.17. The van der Waals surface area contributed by atoms with Gasteiger partial charge in [-0.3, -0.25) is 4.79 Å². The molecule has 0 aliphatic heterocycles. The number of hydrogen-bond donors (Lipinski definition) is 1. The highest BCUT2D eigenvalue weighted by molar-refractivity contribution is 5.97. The quantitative estimate of drug-likeness (QED) is 0.652. The summed E-state index contributed by atoms with van der Waals surface area (Å²) in [6.45, 7) is 4.02. The van der Waals surface area contributed by atoms with Gasteiger partial charge in [0, 0.05) is 5.41 Å². The Labute approximate surface area is 143 Å². The maximum absolute atomic E-state index is 12.3. The summed E-state index contributed by atoms with van der Waals surface area (Å²) < 4.78 is 0. The molecule has 2 aromatic rings. The molecule has 1 aliphatic rings. The lowest BCUT2D eigenvalue weighted by molar-refractivity contribution is -0.122. The summed E-state index contributed by atoms with van der Waals surface area (Å²) in [6, 6.07) is 20.2. The first-order chi connectivity index (χ1) is 11.6. The van der Waals surface area contributed by atoms with Crippen LogP contribution in [0.1, 0.15) is 31.4 Å². The van der Waals surface area contributed by atoms with Crippen LogP contribution in [0.2, 0.25) is 0 Å². The monoisotopic (exact) mass is 318 g/mol. The minimum Gasteiger partial charge on any atom is -0.273 e. The van der Waals surface area contributed by atoms with Crippen LogP contribution >= 0.6 is 0 Å². The highest BCUT2D eigenvalue weighted by atomic mass is 16.2. The summed E-state index contributed by atoms with van der Waals surface area (Å²) in [7, 11) is 0. The number of hydrazone groups is 1. The third-order valence-corrected chi connectivity index (χ3v) is 4.65. The van der Waals surface area contributed by atoms with Gasteiger partial charge in [-0.1, -0.05) is 73.7 Å². The third-order valence-electron chi connectivity index (χ3n) is 4.65. The third kappa shape index (κ3) is 3.62. The molecule has 0 bridgehead atoms. The first-order valence-corrected chi connectivity index (χ1v) is 8.22. The molecule has 24 heavy (non-hydrogen) atoms. The second-order valence-corrected chi connectivity index (χ2v) is 6.51. The van der Waals surface area contributed by atoms with E-state index >= 15 is 0 Å². The summed E-state index contributed by atoms with van der Waals surface area (Å²) >= 11 is 0. The smallest absolute Gasteiger partial charge is 0.244 e. The Morgan fingerprint density at radius 1 is 1.12 bits per heavy atom. The summed E-state index contributed by atoms with van der Waals surface area (Å²) in [4.78, 5) is 12.3. The number of amides is 1. The maximum atomic E-state index is 12.3. The van der Waals surface area contributed by atoms with Gasteiger partial charge in [0.2, 0.25) is 5.91 Å². The van der Waals surface area contributed by atoms with E-state index in [-0.39, 0.29) is 17.2 Å². The Bertz CT molecular complexity index is 765. The molecule has 0 spiro atoms. The summed E-state index contributed by atoms with van der Waals surface area (Å²) in [5.74, 6) is -0.0108. The highest BCUT2D eigenvalue weighted by Crippen LogP contribution is 2.53. The minimum absolute atomic E-state index is 0.00504. The zero-order valence-corrected chi connectivity index (χ0v) is 14.1. The molecule has 2 aromatic carbocycles. The lowest BCUT2D eigenvalue weighted by Crippen LogP contribution is -2.24. The van der Waals surface area contributed by atoms with Crippen LogP contribution in [0.4, 0.5) is 0 Å². The molecule has 3 nitrogen and oxygen atoms in total. The fraction of sp³-hybridized carbons (Fsp3) is 0.238. The van der Waals surface area contributed by atoms with Crippen molar-refractivity contribution in [3.05, 3.63) is 77.9 Å². The van der Waals surface area contributed by atoms with Gasteiger partial charge in [-0.25, -0.2) is 5.43 Å². The second kappa shape index (κ2) is 6.83.